The van der Waals surface area contributed by atoms with Crippen LogP contribution in [0.4, 0.5) is 0 Å². The van der Waals surface area contributed by atoms with Crippen LogP contribution in [0, 0.1) is 35.5 Å². The average molecular weight is 786 g/mol. The van der Waals surface area contributed by atoms with Crippen molar-refractivity contribution in [1.82, 2.24) is 0 Å². The van der Waals surface area contributed by atoms with Crippen molar-refractivity contribution in [2.45, 2.75) is 143 Å². The summed E-state index contributed by atoms with van der Waals surface area (Å²) in [5, 5.41) is 0. The number of hydrogen-bond acceptors (Lipinski definition) is 9. The number of carbonyl (C=O) groups excluding carboxylic acids is 3. The fourth-order valence-corrected chi connectivity index (χ4v) is 11.0. The third-order valence-corrected chi connectivity index (χ3v) is 14.2. The van der Waals surface area contributed by atoms with Crippen LogP contribution in [0.15, 0.2) is 0 Å². The van der Waals surface area contributed by atoms with E-state index in [4.69, 9.17) is 9.22 Å². The average Bonchev–Trinajstić information content (AvgIpc) is 2.93. The number of hydrogen-bond donors (Lipinski definition) is 3. The second kappa shape index (κ2) is 26.2. The van der Waals surface area contributed by atoms with E-state index in [0.717, 1.165) is 77.0 Å². The summed E-state index contributed by atoms with van der Waals surface area (Å²) in [5.41, 5.74) is 0. The van der Waals surface area contributed by atoms with Gasteiger partial charge in [-0.15, -0.1) is 0 Å². The van der Waals surface area contributed by atoms with Crippen LogP contribution in [0.3, 0.4) is 0 Å². The molecule has 0 saturated heterocycles. The molecule has 3 atom stereocenters. The Kier molecular flexibility index (Phi) is 26.4. The van der Waals surface area contributed by atoms with E-state index in [-0.39, 0.29) is 0 Å². The van der Waals surface area contributed by atoms with Crippen LogP contribution >= 0.6 is 37.9 Å². The van der Waals surface area contributed by atoms with Crippen molar-refractivity contribution < 1.29 is 23.6 Å². The van der Waals surface area contributed by atoms with Gasteiger partial charge in [-0.2, -0.15) is 0 Å². The van der Waals surface area contributed by atoms with Crippen molar-refractivity contribution in [3.05, 3.63) is 0 Å². The van der Waals surface area contributed by atoms with Crippen molar-refractivity contribution in [2.75, 3.05) is 17.3 Å². The van der Waals surface area contributed by atoms with E-state index in [1.807, 2.05) is 0 Å². The molecular formula is C34H66O6S3Sn. The molecule has 0 aliphatic heterocycles. The topological polar surface area (TPSA) is 78.9 Å². The van der Waals surface area contributed by atoms with E-state index in [0.29, 0.717) is 54.3 Å². The van der Waals surface area contributed by atoms with E-state index < -0.39 is 55.3 Å². The molecule has 0 radical (unpaired) electrons. The molecule has 10 heteroatoms. The van der Waals surface area contributed by atoms with Gasteiger partial charge in [0.1, 0.15) is 0 Å². The summed E-state index contributed by atoms with van der Waals surface area (Å²) in [6.45, 7) is 13.3. The molecule has 6 nitrogen and oxygen atoms in total. The molecule has 0 aliphatic carbocycles. The quantitative estimate of drug-likeness (QED) is 0.0438. The monoisotopic (exact) mass is 786 g/mol. The first-order chi connectivity index (χ1) is 20.8. The molecule has 0 heterocycles. The number of rotatable bonds is 27. The summed E-state index contributed by atoms with van der Waals surface area (Å²) in [6, 6.07) is 0. The van der Waals surface area contributed by atoms with Gasteiger partial charge in [0.05, 0.1) is 0 Å². The zero-order valence-corrected chi connectivity index (χ0v) is 34.5. The van der Waals surface area contributed by atoms with E-state index >= 15 is 0 Å². The molecule has 3 unspecified atom stereocenters. The molecule has 44 heavy (non-hydrogen) atoms. The molecule has 0 saturated carbocycles. The van der Waals surface area contributed by atoms with Gasteiger partial charge in [0.15, 0.2) is 0 Å². The molecule has 0 bridgehead atoms. The zero-order chi connectivity index (χ0) is 33.5. The van der Waals surface area contributed by atoms with E-state index in [9.17, 15) is 14.4 Å². The van der Waals surface area contributed by atoms with Crippen LogP contribution in [0.5, 0.6) is 0 Å². The summed E-state index contributed by atoms with van der Waals surface area (Å²) in [7, 11) is 0. The van der Waals surface area contributed by atoms with E-state index in [2.05, 4.69) is 79.4 Å². The minimum absolute atomic E-state index is 0.318. The first-order valence-electron chi connectivity index (χ1n) is 17.3. The molecule has 0 N–H and O–H groups in total. The molecule has 260 valence electrons. The third kappa shape index (κ3) is 21.9. The first kappa shape index (κ1) is 44.3. The second-order valence-electron chi connectivity index (χ2n) is 13.9. The Morgan fingerprint density at radius 1 is 0.455 bits per heavy atom. The molecule has 0 aromatic rings. The second-order valence-corrected chi connectivity index (χ2v) is 21.6. The maximum absolute atomic E-state index is 13.4. The van der Waals surface area contributed by atoms with Crippen LogP contribution in [-0.4, -0.2) is 54.8 Å². The molecule has 0 rings (SSSR count). The summed E-state index contributed by atoms with van der Waals surface area (Å²) in [4.78, 5) is 41.7. The van der Waals surface area contributed by atoms with Crippen molar-refractivity contribution in [1.29, 1.82) is 0 Å². The van der Waals surface area contributed by atoms with Crippen molar-refractivity contribution in [3.63, 3.8) is 0 Å². The van der Waals surface area contributed by atoms with E-state index in [1.54, 1.807) is 4.94 Å². The predicted molar refractivity (Wildman–Crippen MR) is 196 cm³/mol. The molecule has 0 aromatic heterocycles. The Labute approximate surface area is 292 Å². The standard InChI is InChI=1S/3C11H22O2S.CH3.Sn/c3*1-9(2)6-4-3-5-7-10(8-14)11(12)13;;/h3*9-10,14H,3-8H2,1-2H3,(H,12,13);1H3;/q;;;;+3/p-3. The number of carbonyl (C=O) groups is 3. The van der Waals surface area contributed by atoms with Crippen LogP contribution in [0.25, 0.3) is 0 Å². The zero-order valence-electron chi connectivity index (χ0n) is 29.0. The number of thiol groups is 3. The van der Waals surface area contributed by atoms with Crippen molar-refractivity contribution in [2.24, 2.45) is 35.5 Å². The number of unbranched alkanes of at least 4 members (excludes halogenated alkanes) is 6. The third-order valence-electron chi connectivity index (χ3n) is 8.02. The Morgan fingerprint density at radius 2 is 0.682 bits per heavy atom. The van der Waals surface area contributed by atoms with Crippen LogP contribution < -0.4 is 0 Å². The van der Waals surface area contributed by atoms with Crippen LogP contribution in [-0.2, 0) is 23.6 Å². The van der Waals surface area contributed by atoms with Gasteiger partial charge in [0.25, 0.3) is 0 Å². The molecular weight excluding hydrogens is 719 g/mol. The van der Waals surface area contributed by atoms with Crippen LogP contribution in [0.2, 0.25) is 4.94 Å². The molecule has 0 fully saturated rings. The molecule has 0 aliphatic rings. The molecule has 0 amide bonds. The molecule has 0 spiro atoms. The van der Waals surface area contributed by atoms with Gasteiger partial charge in [-0.25, -0.2) is 0 Å². The van der Waals surface area contributed by atoms with Crippen molar-refractivity contribution in [3.8, 4) is 0 Å². The van der Waals surface area contributed by atoms with Crippen molar-refractivity contribution >= 4 is 75.4 Å². The Bertz CT molecular complexity index is 682. The van der Waals surface area contributed by atoms with Gasteiger partial charge in [0, 0.05) is 0 Å². The van der Waals surface area contributed by atoms with Gasteiger partial charge < -0.3 is 0 Å². The SMILES string of the molecule is CC(C)CCCCCC(CS)C(=O)[O][Sn]([CH3])([O]C(=O)C(CS)CCCCCC(C)C)[O]C(=O)C(CS)CCCCCC(C)C. The minimum atomic E-state index is -4.98. The summed E-state index contributed by atoms with van der Waals surface area (Å²) in [6.07, 6.45) is 14.5. The Balaban J connectivity index is 5.55. The summed E-state index contributed by atoms with van der Waals surface area (Å²) >= 11 is 8.28. The van der Waals surface area contributed by atoms with Gasteiger partial charge in [-0.05, 0) is 0 Å². The Morgan fingerprint density at radius 3 is 0.886 bits per heavy atom. The maximum atomic E-state index is 13.4. The predicted octanol–water partition coefficient (Wildman–Crippen LogP) is 9.64. The fraction of sp³-hybridized carbons (Fsp3) is 0.912. The Hall–Kier alpha value is 0.259. The van der Waals surface area contributed by atoms with Gasteiger partial charge in [-0.1, -0.05) is 0 Å². The summed E-state index contributed by atoms with van der Waals surface area (Å²) in [5.74, 6) is 0.0947. The normalized spacial score (nSPS) is 15.2. The van der Waals surface area contributed by atoms with Gasteiger partial charge in [0.2, 0.25) is 0 Å². The van der Waals surface area contributed by atoms with Crippen LogP contribution in [0.1, 0.15) is 138 Å². The summed E-state index contributed by atoms with van der Waals surface area (Å²) < 4.78 is 17.8. The first-order valence-corrected chi connectivity index (χ1v) is 25.5. The molecule has 0 aromatic carbocycles. The van der Waals surface area contributed by atoms with Gasteiger partial charge in [-0.3, -0.25) is 0 Å². The fourth-order valence-electron chi connectivity index (χ4n) is 5.07. The van der Waals surface area contributed by atoms with Gasteiger partial charge >= 0.3 is 295 Å². The van der Waals surface area contributed by atoms with E-state index in [1.165, 1.54) is 0 Å².